The van der Waals surface area contributed by atoms with Crippen LogP contribution in [0.5, 0.6) is 0 Å². The van der Waals surface area contributed by atoms with Crippen LogP contribution in [0.15, 0.2) is 27.6 Å². The summed E-state index contributed by atoms with van der Waals surface area (Å²) >= 11 is 3.14. The van der Waals surface area contributed by atoms with E-state index >= 15 is 0 Å². The maximum Gasteiger partial charge on any atom is 0.335 e. The summed E-state index contributed by atoms with van der Waals surface area (Å²) in [5.74, 6) is -0.654. The number of nitrogens with zero attached hydrogens (tertiary/aromatic N) is 3. The number of benzene rings is 1. The molecule has 1 aromatic heterocycles. The summed E-state index contributed by atoms with van der Waals surface area (Å²) in [6.07, 6.45) is 0. The Morgan fingerprint density at radius 2 is 2.05 bits per heavy atom. The van der Waals surface area contributed by atoms with Gasteiger partial charge in [0.25, 0.3) is 0 Å². The van der Waals surface area contributed by atoms with Crippen LogP contribution in [0.1, 0.15) is 22.0 Å². The van der Waals surface area contributed by atoms with Crippen molar-refractivity contribution in [2.45, 2.75) is 17.6 Å². The first kappa shape index (κ1) is 15.6. The number of rotatable bonds is 4. The first-order valence-corrected chi connectivity index (χ1v) is 8.27. The molecule has 0 atom stereocenters. The molecule has 0 unspecified atom stereocenters. The van der Waals surface area contributed by atoms with E-state index in [1.54, 1.807) is 18.5 Å². The maximum absolute atomic E-state index is 12.5. The first-order valence-electron chi connectivity index (χ1n) is 5.83. The highest BCUT2D eigenvalue weighted by atomic mass is 79.9. The fourth-order valence-electron chi connectivity index (χ4n) is 1.70. The number of hydrogen-bond acceptors (Lipinski definition) is 5. The second kappa shape index (κ2) is 5.57. The highest BCUT2D eigenvalue weighted by Gasteiger charge is 2.23. The van der Waals surface area contributed by atoms with E-state index in [1.165, 1.54) is 12.1 Å². The van der Waals surface area contributed by atoms with Crippen LogP contribution in [0.4, 0.5) is 0 Å². The minimum atomic E-state index is -3.74. The smallest absolute Gasteiger partial charge is 0.335 e. The van der Waals surface area contributed by atoms with Crippen molar-refractivity contribution in [3.8, 4) is 0 Å². The molecule has 1 heterocycles. The van der Waals surface area contributed by atoms with E-state index in [9.17, 15) is 13.2 Å². The Bertz CT molecular complexity index is 814. The van der Waals surface area contributed by atoms with Crippen LogP contribution in [0.25, 0.3) is 0 Å². The van der Waals surface area contributed by atoms with Gasteiger partial charge in [-0.2, -0.15) is 0 Å². The van der Waals surface area contributed by atoms with Gasteiger partial charge < -0.3 is 9.67 Å². The zero-order valence-corrected chi connectivity index (χ0v) is 13.6. The zero-order valence-electron chi connectivity index (χ0n) is 11.2. The second-order valence-corrected chi connectivity index (χ2v) is 7.24. The van der Waals surface area contributed by atoms with Crippen LogP contribution < -0.4 is 0 Å². The molecule has 0 amide bonds. The lowest BCUT2D eigenvalue weighted by Gasteiger charge is -2.08. The number of carbonyl (C=O) groups is 1. The fourth-order valence-corrected chi connectivity index (χ4v) is 4.10. The Hall–Kier alpha value is -1.74. The third-order valence-electron chi connectivity index (χ3n) is 3.02. The molecule has 0 saturated heterocycles. The van der Waals surface area contributed by atoms with Crippen molar-refractivity contribution in [1.82, 2.24) is 14.8 Å². The van der Waals surface area contributed by atoms with Crippen LogP contribution >= 0.6 is 15.9 Å². The Balaban J connectivity index is 2.47. The Morgan fingerprint density at radius 3 is 2.57 bits per heavy atom. The van der Waals surface area contributed by atoms with E-state index in [2.05, 4.69) is 26.1 Å². The van der Waals surface area contributed by atoms with E-state index in [0.717, 1.165) is 6.07 Å². The van der Waals surface area contributed by atoms with E-state index in [4.69, 9.17) is 5.11 Å². The lowest BCUT2D eigenvalue weighted by atomic mass is 10.2. The average molecular weight is 374 g/mol. The van der Waals surface area contributed by atoms with E-state index in [-0.39, 0.29) is 16.2 Å². The quantitative estimate of drug-likeness (QED) is 0.872. The number of carboxylic acid groups (broad SMARTS) is 1. The van der Waals surface area contributed by atoms with Gasteiger partial charge >= 0.3 is 5.97 Å². The molecule has 0 spiro atoms. The Kier molecular flexibility index (Phi) is 4.15. The van der Waals surface area contributed by atoms with Gasteiger partial charge in [-0.1, -0.05) is 0 Å². The minimum absolute atomic E-state index is 0.0805. The van der Waals surface area contributed by atoms with Crippen LogP contribution in [-0.4, -0.2) is 34.3 Å². The third-order valence-corrected chi connectivity index (χ3v) is 5.62. The third kappa shape index (κ3) is 3.13. The molecule has 1 aromatic carbocycles. The van der Waals surface area contributed by atoms with Gasteiger partial charge in [0.15, 0.2) is 9.84 Å². The van der Waals surface area contributed by atoms with Crippen molar-refractivity contribution in [3.05, 3.63) is 39.9 Å². The van der Waals surface area contributed by atoms with Crippen molar-refractivity contribution >= 4 is 31.7 Å². The summed E-state index contributed by atoms with van der Waals surface area (Å²) in [4.78, 5) is 10.9. The number of hydrogen-bond donors (Lipinski definition) is 1. The molecular formula is C12H12BrN3O4S. The van der Waals surface area contributed by atoms with Crippen LogP contribution in [0.2, 0.25) is 0 Å². The van der Waals surface area contributed by atoms with Crippen molar-refractivity contribution in [3.63, 3.8) is 0 Å². The predicted molar refractivity (Wildman–Crippen MR) is 77.7 cm³/mol. The highest BCUT2D eigenvalue weighted by Crippen LogP contribution is 2.26. The molecule has 7 nitrogen and oxygen atoms in total. The number of aromatic nitrogens is 3. The van der Waals surface area contributed by atoms with Gasteiger partial charge in [-0.25, -0.2) is 13.2 Å². The molecule has 0 fully saturated rings. The van der Waals surface area contributed by atoms with Crippen LogP contribution in [0, 0.1) is 6.92 Å². The molecule has 0 bridgehead atoms. The molecule has 2 aromatic rings. The molecule has 0 aliphatic rings. The summed E-state index contributed by atoms with van der Waals surface area (Å²) in [7, 11) is -2.07. The van der Waals surface area contributed by atoms with Crippen molar-refractivity contribution in [1.29, 1.82) is 0 Å². The molecule has 0 saturated carbocycles. The largest absolute Gasteiger partial charge is 0.478 e. The fraction of sp³-hybridized carbons (Fsp3) is 0.250. The van der Waals surface area contributed by atoms with Crippen LogP contribution in [0.3, 0.4) is 0 Å². The van der Waals surface area contributed by atoms with E-state index in [0.29, 0.717) is 16.1 Å². The van der Waals surface area contributed by atoms with Gasteiger partial charge in [-0.05, 0) is 41.1 Å². The zero-order chi connectivity index (χ0) is 15.8. The van der Waals surface area contributed by atoms with E-state index < -0.39 is 15.8 Å². The number of halogens is 1. The first-order chi connectivity index (χ1) is 9.72. The van der Waals surface area contributed by atoms with Crippen molar-refractivity contribution < 1.29 is 18.3 Å². The van der Waals surface area contributed by atoms with Gasteiger partial charge in [-0.15, -0.1) is 10.2 Å². The SMILES string of the molecule is Cc1nnc(CS(=O)(=O)c2cc(C(=O)O)ccc2Br)n1C. The summed E-state index contributed by atoms with van der Waals surface area (Å²) in [6, 6.07) is 3.86. The molecule has 9 heteroatoms. The lowest BCUT2D eigenvalue weighted by Crippen LogP contribution is -2.11. The maximum atomic E-state index is 12.5. The summed E-state index contributed by atoms with van der Waals surface area (Å²) in [5, 5.41) is 16.6. The molecule has 112 valence electrons. The van der Waals surface area contributed by atoms with Crippen LogP contribution in [-0.2, 0) is 22.6 Å². The molecule has 0 aliphatic heterocycles. The number of aryl methyl sites for hydroxylation is 1. The molecule has 0 radical (unpaired) electrons. The Labute approximate surface area is 129 Å². The van der Waals surface area contributed by atoms with Gasteiger partial charge in [-0.3, -0.25) is 0 Å². The van der Waals surface area contributed by atoms with Crippen molar-refractivity contribution in [2.75, 3.05) is 0 Å². The predicted octanol–water partition coefficient (Wildman–Crippen LogP) is 1.56. The second-order valence-electron chi connectivity index (χ2n) is 4.43. The highest BCUT2D eigenvalue weighted by molar-refractivity contribution is 9.10. The summed E-state index contributed by atoms with van der Waals surface area (Å²) in [5.41, 5.74) is -0.0917. The van der Waals surface area contributed by atoms with E-state index in [1.807, 2.05) is 0 Å². The van der Waals surface area contributed by atoms with Crippen molar-refractivity contribution in [2.24, 2.45) is 7.05 Å². The van der Waals surface area contributed by atoms with Gasteiger partial charge in [0.1, 0.15) is 17.4 Å². The molecule has 1 N–H and O–H groups in total. The lowest BCUT2D eigenvalue weighted by molar-refractivity contribution is 0.0696. The molecule has 21 heavy (non-hydrogen) atoms. The van der Waals surface area contributed by atoms with Gasteiger partial charge in [0, 0.05) is 11.5 Å². The number of aromatic carboxylic acids is 1. The average Bonchev–Trinajstić information content (AvgIpc) is 2.70. The summed E-state index contributed by atoms with van der Waals surface area (Å²) in [6.45, 7) is 1.71. The topological polar surface area (TPSA) is 102 Å². The monoisotopic (exact) mass is 373 g/mol. The normalized spacial score (nSPS) is 11.6. The molecule has 0 aliphatic carbocycles. The molecular weight excluding hydrogens is 362 g/mol. The Morgan fingerprint density at radius 1 is 1.38 bits per heavy atom. The summed E-state index contributed by atoms with van der Waals surface area (Å²) < 4.78 is 26.8. The molecule has 2 rings (SSSR count). The minimum Gasteiger partial charge on any atom is -0.478 e. The van der Waals surface area contributed by atoms with Gasteiger partial charge in [0.2, 0.25) is 0 Å². The van der Waals surface area contributed by atoms with Gasteiger partial charge in [0.05, 0.1) is 10.5 Å². The number of carboxylic acids is 1. The standard InChI is InChI=1S/C12H12BrN3O4S/c1-7-14-15-11(16(7)2)6-21(19,20)10-5-8(12(17)18)3-4-9(10)13/h3-5H,6H2,1-2H3,(H,17,18). The number of sulfone groups is 1.